The van der Waals surface area contributed by atoms with Gasteiger partial charge in [-0.2, -0.15) is 0 Å². The normalized spacial score (nSPS) is 11.0. The van der Waals surface area contributed by atoms with Crippen molar-refractivity contribution in [1.29, 1.82) is 0 Å². The molecule has 0 fully saturated rings. The molecule has 2 aromatic rings. The smallest absolute Gasteiger partial charge is 0.271 e. The zero-order valence-corrected chi connectivity index (χ0v) is 15.5. The summed E-state index contributed by atoms with van der Waals surface area (Å²) in [7, 11) is -3.42. The maximum atomic E-state index is 12.3. The number of carbonyl (C=O) groups excluding carboxylic acids is 1. The molecule has 2 aromatic carbocycles. The molecule has 138 valence electrons. The second-order valence-electron chi connectivity index (χ2n) is 5.35. The molecule has 0 aliphatic heterocycles. The minimum atomic E-state index is -3.42. The summed E-state index contributed by atoms with van der Waals surface area (Å²) < 4.78 is 24.6. The number of sulfonamides is 1. The van der Waals surface area contributed by atoms with Crippen molar-refractivity contribution in [2.75, 3.05) is 22.4 Å². The van der Waals surface area contributed by atoms with Gasteiger partial charge < -0.3 is 5.32 Å². The molecule has 0 aromatic heterocycles. The van der Waals surface area contributed by atoms with Gasteiger partial charge in [0.2, 0.25) is 10.0 Å². The van der Waals surface area contributed by atoms with Crippen LogP contribution in [0.5, 0.6) is 0 Å². The molecule has 0 aliphatic rings. The molecule has 0 unspecified atom stereocenters. The number of halogens is 1. The summed E-state index contributed by atoms with van der Waals surface area (Å²) in [5.41, 5.74) is 0.592. The Morgan fingerprint density at radius 1 is 1.23 bits per heavy atom. The minimum Gasteiger partial charge on any atom is -0.320 e. The van der Waals surface area contributed by atoms with Crippen LogP contribution < -0.4 is 9.62 Å². The lowest BCUT2D eigenvalue weighted by Gasteiger charge is -2.20. The van der Waals surface area contributed by atoms with Crippen LogP contribution >= 0.6 is 11.6 Å². The molecule has 0 heterocycles. The quantitative estimate of drug-likeness (QED) is 0.594. The van der Waals surface area contributed by atoms with E-state index in [4.69, 9.17) is 11.6 Å². The topological polar surface area (TPSA) is 110 Å². The first-order valence-corrected chi connectivity index (χ1v) is 9.69. The van der Waals surface area contributed by atoms with Gasteiger partial charge in [-0.15, -0.1) is 0 Å². The molecule has 2 rings (SSSR count). The van der Waals surface area contributed by atoms with Crippen LogP contribution in [0.2, 0.25) is 5.02 Å². The Morgan fingerprint density at radius 2 is 1.85 bits per heavy atom. The van der Waals surface area contributed by atoms with Crippen LogP contribution in [-0.2, 0) is 10.0 Å². The van der Waals surface area contributed by atoms with Gasteiger partial charge in [-0.25, -0.2) is 8.42 Å². The molecular formula is C16H16ClN3O5S. The Morgan fingerprint density at radius 3 is 2.35 bits per heavy atom. The van der Waals surface area contributed by atoms with E-state index < -0.39 is 20.9 Å². The fourth-order valence-electron chi connectivity index (χ4n) is 2.30. The number of anilines is 2. The highest BCUT2D eigenvalue weighted by Gasteiger charge is 2.17. The summed E-state index contributed by atoms with van der Waals surface area (Å²) >= 11 is 5.96. The zero-order chi connectivity index (χ0) is 19.5. The third kappa shape index (κ3) is 4.50. The van der Waals surface area contributed by atoms with E-state index in [1.54, 1.807) is 6.92 Å². The molecule has 8 nitrogen and oxygen atoms in total. The Hall–Kier alpha value is -2.65. The molecule has 0 atom stereocenters. The lowest BCUT2D eigenvalue weighted by atomic mass is 10.2. The van der Waals surface area contributed by atoms with Crippen molar-refractivity contribution in [1.82, 2.24) is 0 Å². The van der Waals surface area contributed by atoms with Crippen molar-refractivity contribution in [2.24, 2.45) is 0 Å². The van der Waals surface area contributed by atoms with E-state index in [2.05, 4.69) is 5.32 Å². The van der Waals surface area contributed by atoms with Crippen molar-refractivity contribution < 1.29 is 18.1 Å². The van der Waals surface area contributed by atoms with E-state index in [0.717, 1.165) is 12.3 Å². The van der Waals surface area contributed by atoms with Crippen LogP contribution in [0.4, 0.5) is 17.1 Å². The largest absolute Gasteiger partial charge is 0.320 e. The first-order chi connectivity index (χ1) is 12.1. The van der Waals surface area contributed by atoms with Crippen LogP contribution in [-0.4, -0.2) is 32.0 Å². The van der Waals surface area contributed by atoms with Gasteiger partial charge in [-0.05, 0) is 37.3 Å². The van der Waals surface area contributed by atoms with Gasteiger partial charge >= 0.3 is 0 Å². The van der Waals surface area contributed by atoms with Crippen molar-refractivity contribution in [3.63, 3.8) is 0 Å². The summed E-state index contributed by atoms with van der Waals surface area (Å²) in [4.78, 5) is 22.6. The Bertz CT molecular complexity index is 945. The van der Waals surface area contributed by atoms with Crippen LogP contribution in [0.1, 0.15) is 17.3 Å². The number of carbonyl (C=O) groups is 1. The van der Waals surface area contributed by atoms with Crippen LogP contribution in [0.25, 0.3) is 0 Å². The SMILES string of the molecule is CCN(c1ccc(C(=O)Nc2cc([N+](=O)[O-])ccc2Cl)cc1)S(C)(=O)=O. The number of rotatable bonds is 6. The van der Waals surface area contributed by atoms with Crippen molar-refractivity contribution in [3.05, 3.63) is 63.2 Å². The molecule has 0 saturated carbocycles. The van der Waals surface area contributed by atoms with Crippen LogP contribution in [0, 0.1) is 10.1 Å². The van der Waals surface area contributed by atoms with E-state index in [1.807, 2.05) is 0 Å². The van der Waals surface area contributed by atoms with E-state index in [9.17, 15) is 23.3 Å². The van der Waals surface area contributed by atoms with Crippen molar-refractivity contribution in [3.8, 4) is 0 Å². The van der Waals surface area contributed by atoms with Crippen molar-refractivity contribution in [2.45, 2.75) is 6.92 Å². The van der Waals surface area contributed by atoms with E-state index in [-0.39, 0.29) is 28.5 Å². The van der Waals surface area contributed by atoms with Gasteiger partial charge in [-0.1, -0.05) is 11.6 Å². The number of hydrogen-bond donors (Lipinski definition) is 1. The van der Waals surface area contributed by atoms with Gasteiger partial charge in [0.15, 0.2) is 0 Å². The van der Waals surface area contributed by atoms with Crippen LogP contribution in [0.15, 0.2) is 42.5 Å². The summed E-state index contributed by atoms with van der Waals surface area (Å²) in [6.07, 6.45) is 1.10. The molecule has 0 spiro atoms. The van der Waals surface area contributed by atoms with E-state index in [1.165, 1.54) is 40.7 Å². The number of non-ortho nitro benzene ring substituents is 1. The maximum Gasteiger partial charge on any atom is 0.271 e. The number of benzene rings is 2. The molecule has 0 bridgehead atoms. The number of hydrogen-bond acceptors (Lipinski definition) is 5. The summed E-state index contributed by atoms with van der Waals surface area (Å²) in [6.45, 7) is 1.96. The highest BCUT2D eigenvalue weighted by atomic mass is 35.5. The Labute approximate surface area is 155 Å². The molecule has 0 radical (unpaired) electrons. The molecular weight excluding hydrogens is 382 g/mol. The molecule has 1 N–H and O–H groups in total. The highest BCUT2D eigenvalue weighted by molar-refractivity contribution is 7.92. The minimum absolute atomic E-state index is 0.112. The molecule has 26 heavy (non-hydrogen) atoms. The third-order valence-corrected chi connectivity index (χ3v) is 5.11. The Balaban J connectivity index is 2.24. The lowest BCUT2D eigenvalue weighted by Crippen LogP contribution is -2.29. The third-order valence-electron chi connectivity index (χ3n) is 3.51. The first kappa shape index (κ1) is 19.7. The molecule has 1 amide bonds. The molecule has 10 heteroatoms. The molecule has 0 aliphatic carbocycles. The number of nitrogens with zero attached hydrogens (tertiary/aromatic N) is 2. The highest BCUT2D eigenvalue weighted by Crippen LogP contribution is 2.27. The number of nitro groups is 1. The number of amides is 1. The van der Waals surface area contributed by atoms with Gasteiger partial charge in [0.1, 0.15) is 0 Å². The van der Waals surface area contributed by atoms with Gasteiger partial charge in [0.25, 0.3) is 11.6 Å². The fraction of sp³-hybridized carbons (Fsp3) is 0.188. The Kier molecular flexibility index (Phi) is 5.83. The lowest BCUT2D eigenvalue weighted by molar-refractivity contribution is -0.384. The van der Waals surface area contributed by atoms with Gasteiger partial charge in [0.05, 0.1) is 27.6 Å². The summed E-state index contributed by atoms with van der Waals surface area (Å²) in [6, 6.07) is 9.66. The summed E-state index contributed by atoms with van der Waals surface area (Å²) in [5.74, 6) is -0.527. The number of nitro benzene ring substituents is 1. The average Bonchev–Trinajstić information content (AvgIpc) is 2.56. The maximum absolute atomic E-state index is 12.3. The first-order valence-electron chi connectivity index (χ1n) is 7.46. The second kappa shape index (κ2) is 7.71. The average molecular weight is 398 g/mol. The standard InChI is InChI=1S/C16H16ClN3O5S/c1-3-19(26(2,24)25)12-6-4-11(5-7-12)16(21)18-15-10-13(20(22)23)8-9-14(15)17/h4-10H,3H2,1-2H3,(H,18,21). The van der Waals surface area contributed by atoms with Crippen molar-refractivity contribution >= 4 is 44.6 Å². The summed E-state index contributed by atoms with van der Waals surface area (Å²) in [5, 5.41) is 13.5. The van der Waals surface area contributed by atoms with E-state index in [0.29, 0.717) is 5.69 Å². The van der Waals surface area contributed by atoms with Gasteiger partial charge in [0, 0.05) is 24.2 Å². The van der Waals surface area contributed by atoms with E-state index >= 15 is 0 Å². The zero-order valence-electron chi connectivity index (χ0n) is 14.0. The molecule has 0 saturated heterocycles. The fourth-order valence-corrected chi connectivity index (χ4v) is 3.44. The number of nitrogens with one attached hydrogen (secondary N) is 1. The predicted octanol–water partition coefficient (Wildman–Crippen LogP) is 3.29. The second-order valence-corrected chi connectivity index (χ2v) is 7.66. The monoisotopic (exact) mass is 397 g/mol. The van der Waals surface area contributed by atoms with Crippen LogP contribution in [0.3, 0.4) is 0 Å². The van der Waals surface area contributed by atoms with Gasteiger partial charge in [-0.3, -0.25) is 19.2 Å². The predicted molar refractivity (Wildman–Crippen MR) is 100 cm³/mol.